The first-order chi connectivity index (χ1) is 12.1. The van der Waals surface area contributed by atoms with E-state index in [2.05, 4.69) is 13.2 Å². The predicted octanol–water partition coefficient (Wildman–Crippen LogP) is 1.87. The predicted molar refractivity (Wildman–Crippen MR) is 91.9 cm³/mol. The van der Waals surface area contributed by atoms with Crippen LogP contribution in [-0.2, 0) is 38.1 Å². The normalized spacial score (nSPS) is 11.0. The van der Waals surface area contributed by atoms with Gasteiger partial charge in [0.05, 0.1) is 19.4 Å². The Balaban J connectivity index is 3.79. The minimum absolute atomic E-state index is 0.0619. The molecule has 0 N–H and O–H groups in total. The number of rotatable bonds is 12. The van der Waals surface area contributed by atoms with E-state index in [1.54, 1.807) is 6.92 Å². The molecule has 0 saturated carbocycles. The number of hydrogen-bond acceptors (Lipinski definition) is 8. The van der Waals surface area contributed by atoms with Gasteiger partial charge in [0.25, 0.3) is 0 Å². The molecule has 0 bridgehead atoms. The number of carbonyl (C=O) groups excluding carboxylic acids is 4. The summed E-state index contributed by atoms with van der Waals surface area (Å²) in [5, 5.41) is 0. The number of hydrogen-bond donors (Lipinski definition) is 0. The SMILES string of the molecule is C=C(C)C(=O)OCCC(=O)OCCC(C)OC(=O)CCOC(=O)C(=C)C. The third-order valence-electron chi connectivity index (χ3n) is 2.90. The molecule has 0 aromatic rings. The van der Waals surface area contributed by atoms with Crippen LogP contribution in [0.3, 0.4) is 0 Å². The van der Waals surface area contributed by atoms with E-state index >= 15 is 0 Å². The Morgan fingerprint density at radius 1 is 0.769 bits per heavy atom. The Hall–Kier alpha value is -2.64. The maximum atomic E-state index is 11.6. The van der Waals surface area contributed by atoms with E-state index in [-0.39, 0.29) is 43.8 Å². The first-order valence-electron chi connectivity index (χ1n) is 8.13. The van der Waals surface area contributed by atoms with E-state index < -0.39 is 30.0 Å². The molecular weight excluding hydrogens is 344 g/mol. The van der Waals surface area contributed by atoms with Crippen LogP contribution in [0.15, 0.2) is 24.3 Å². The Kier molecular flexibility index (Phi) is 11.4. The van der Waals surface area contributed by atoms with Gasteiger partial charge >= 0.3 is 23.9 Å². The van der Waals surface area contributed by atoms with E-state index in [0.29, 0.717) is 6.42 Å². The van der Waals surface area contributed by atoms with E-state index in [4.69, 9.17) is 18.9 Å². The van der Waals surface area contributed by atoms with Crippen LogP contribution in [0.4, 0.5) is 0 Å². The van der Waals surface area contributed by atoms with Gasteiger partial charge in [0.2, 0.25) is 0 Å². The summed E-state index contributed by atoms with van der Waals surface area (Å²) >= 11 is 0. The van der Waals surface area contributed by atoms with Crippen molar-refractivity contribution in [3.05, 3.63) is 24.3 Å². The standard InChI is InChI=1S/C18H26O8/c1-12(2)17(21)24-10-7-15(19)23-9-6-14(5)26-16(20)8-11-25-18(22)13(3)4/h14H,1,3,6-11H2,2,4-5H3. The first kappa shape index (κ1) is 23.4. The van der Waals surface area contributed by atoms with Gasteiger partial charge in [0, 0.05) is 17.6 Å². The minimum atomic E-state index is -0.563. The van der Waals surface area contributed by atoms with Crippen LogP contribution >= 0.6 is 0 Å². The molecule has 0 amide bonds. The van der Waals surface area contributed by atoms with Crippen molar-refractivity contribution in [3.8, 4) is 0 Å². The fourth-order valence-electron chi connectivity index (χ4n) is 1.45. The molecule has 0 spiro atoms. The largest absolute Gasteiger partial charge is 0.465 e. The first-order valence-corrected chi connectivity index (χ1v) is 8.13. The Bertz CT molecular complexity index is 549. The van der Waals surface area contributed by atoms with Gasteiger partial charge < -0.3 is 18.9 Å². The van der Waals surface area contributed by atoms with Crippen LogP contribution < -0.4 is 0 Å². The topological polar surface area (TPSA) is 105 Å². The Morgan fingerprint density at radius 3 is 1.69 bits per heavy atom. The summed E-state index contributed by atoms with van der Waals surface area (Å²) in [6.45, 7) is 11.4. The Morgan fingerprint density at radius 2 is 1.23 bits per heavy atom. The van der Waals surface area contributed by atoms with Crippen molar-refractivity contribution in [3.63, 3.8) is 0 Å². The third kappa shape index (κ3) is 11.8. The zero-order chi connectivity index (χ0) is 20.1. The quantitative estimate of drug-likeness (QED) is 0.291. The molecule has 1 unspecified atom stereocenters. The van der Waals surface area contributed by atoms with Crippen LogP contribution in [0, 0.1) is 0 Å². The van der Waals surface area contributed by atoms with Crippen LogP contribution in [0.5, 0.6) is 0 Å². The van der Waals surface area contributed by atoms with Crippen LogP contribution in [0.1, 0.15) is 40.0 Å². The molecular formula is C18H26O8. The molecule has 0 rings (SSSR count). The highest BCUT2D eigenvalue weighted by Crippen LogP contribution is 2.03. The van der Waals surface area contributed by atoms with E-state index in [1.165, 1.54) is 13.8 Å². The molecule has 0 aromatic heterocycles. The fourth-order valence-corrected chi connectivity index (χ4v) is 1.45. The van der Waals surface area contributed by atoms with Crippen molar-refractivity contribution in [2.45, 2.75) is 46.1 Å². The van der Waals surface area contributed by atoms with Gasteiger partial charge in [-0.2, -0.15) is 0 Å². The summed E-state index contributed by atoms with van der Waals surface area (Å²) in [5.41, 5.74) is 0.506. The molecule has 0 aliphatic heterocycles. The van der Waals surface area contributed by atoms with Gasteiger partial charge in [-0.1, -0.05) is 13.2 Å². The highest BCUT2D eigenvalue weighted by Gasteiger charge is 2.13. The second-order valence-electron chi connectivity index (χ2n) is 5.64. The third-order valence-corrected chi connectivity index (χ3v) is 2.90. The summed E-state index contributed by atoms with van der Waals surface area (Å²) in [6.07, 6.45) is -0.291. The average Bonchev–Trinajstić information content (AvgIpc) is 2.54. The van der Waals surface area contributed by atoms with Crippen molar-refractivity contribution in [2.24, 2.45) is 0 Å². The number of carbonyl (C=O) groups is 4. The highest BCUT2D eigenvalue weighted by atomic mass is 16.6. The smallest absolute Gasteiger partial charge is 0.333 e. The second kappa shape index (κ2) is 12.7. The fraction of sp³-hybridized carbons (Fsp3) is 0.556. The van der Waals surface area contributed by atoms with Gasteiger partial charge in [-0.25, -0.2) is 9.59 Å². The average molecular weight is 370 g/mol. The molecule has 26 heavy (non-hydrogen) atoms. The molecule has 1 atom stereocenters. The van der Waals surface area contributed by atoms with Crippen molar-refractivity contribution in [1.29, 1.82) is 0 Å². The Labute approximate surface area is 153 Å². The van der Waals surface area contributed by atoms with Crippen LogP contribution in [-0.4, -0.2) is 49.8 Å². The van der Waals surface area contributed by atoms with Gasteiger partial charge in [0.15, 0.2) is 0 Å². The monoisotopic (exact) mass is 370 g/mol. The molecule has 0 fully saturated rings. The summed E-state index contributed by atoms with van der Waals surface area (Å²) in [5.74, 6) is -2.17. The van der Waals surface area contributed by atoms with E-state index in [0.717, 1.165) is 0 Å². The zero-order valence-corrected chi connectivity index (χ0v) is 15.5. The second-order valence-corrected chi connectivity index (χ2v) is 5.64. The van der Waals surface area contributed by atoms with E-state index in [9.17, 15) is 19.2 Å². The summed E-state index contributed by atoms with van der Waals surface area (Å²) < 4.78 is 19.6. The number of ether oxygens (including phenoxy) is 4. The summed E-state index contributed by atoms with van der Waals surface area (Å²) in [6, 6.07) is 0. The van der Waals surface area contributed by atoms with Gasteiger partial charge in [-0.3, -0.25) is 9.59 Å². The lowest BCUT2D eigenvalue weighted by Crippen LogP contribution is -2.20. The van der Waals surface area contributed by atoms with Crippen molar-refractivity contribution < 1.29 is 38.1 Å². The number of esters is 4. The van der Waals surface area contributed by atoms with Gasteiger partial charge in [-0.05, 0) is 20.8 Å². The molecule has 146 valence electrons. The van der Waals surface area contributed by atoms with Gasteiger partial charge in [0.1, 0.15) is 19.3 Å². The summed E-state index contributed by atoms with van der Waals surface area (Å²) in [7, 11) is 0. The maximum Gasteiger partial charge on any atom is 0.333 e. The van der Waals surface area contributed by atoms with Gasteiger partial charge in [-0.15, -0.1) is 0 Å². The summed E-state index contributed by atoms with van der Waals surface area (Å²) in [4.78, 5) is 45.3. The molecule has 0 saturated heterocycles. The lowest BCUT2D eigenvalue weighted by atomic mass is 10.3. The molecule has 8 nitrogen and oxygen atoms in total. The lowest BCUT2D eigenvalue weighted by molar-refractivity contribution is -0.152. The minimum Gasteiger partial charge on any atom is -0.465 e. The molecule has 0 aromatic carbocycles. The molecule has 0 heterocycles. The van der Waals surface area contributed by atoms with Crippen molar-refractivity contribution in [1.82, 2.24) is 0 Å². The van der Waals surface area contributed by atoms with Crippen LogP contribution in [0.2, 0.25) is 0 Å². The lowest BCUT2D eigenvalue weighted by Gasteiger charge is -2.13. The molecule has 0 radical (unpaired) electrons. The van der Waals surface area contributed by atoms with Crippen LogP contribution in [0.25, 0.3) is 0 Å². The van der Waals surface area contributed by atoms with Crippen molar-refractivity contribution in [2.75, 3.05) is 19.8 Å². The molecule has 8 heteroatoms. The maximum absolute atomic E-state index is 11.6. The molecule has 0 aliphatic rings. The zero-order valence-electron chi connectivity index (χ0n) is 15.5. The van der Waals surface area contributed by atoms with E-state index in [1.807, 2.05) is 0 Å². The van der Waals surface area contributed by atoms with Crippen molar-refractivity contribution >= 4 is 23.9 Å². The highest BCUT2D eigenvalue weighted by molar-refractivity contribution is 5.87. The molecule has 0 aliphatic carbocycles.